The fraction of sp³-hybridized carbons (Fsp3) is 0. The Morgan fingerprint density at radius 1 is 1.54 bits per heavy atom. The molecular weight excluding hydrogens is 242 g/mol. The van der Waals surface area contributed by atoms with Crippen LogP contribution in [0, 0.1) is 0 Å². The minimum atomic E-state index is -1.18. The van der Waals surface area contributed by atoms with E-state index in [-0.39, 0.29) is 72.9 Å². The molecule has 3 N–H and O–H groups in total. The summed E-state index contributed by atoms with van der Waals surface area (Å²) in [6.07, 6.45) is 0. The molecule has 1 aromatic rings. The Balaban J connectivity index is 0.00000144. The number of nitrogens with two attached hydrogens (primary N) is 1. The normalized spacial score (nSPS) is 9.08. The van der Waals surface area contributed by atoms with Crippen LogP contribution in [0.3, 0.4) is 0 Å². The first-order chi connectivity index (χ1) is 5.52. The number of rotatable bonds is 1. The van der Waals surface area contributed by atoms with E-state index in [0.29, 0.717) is 0 Å². The van der Waals surface area contributed by atoms with Crippen LogP contribution in [-0.4, -0.2) is 67.4 Å². The van der Waals surface area contributed by atoms with Crippen molar-refractivity contribution in [1.29, 1.82) is 0 Å². The van der Waals surface area contributed by atoms with Crippen molar-refractivity contribution in [2.45, 2.75) is 0 Å². The Morgan fingerprint density at radius 2 is 2.08 bits per heavy atom. The largest absolute Gasteiger partial charge is 0.478 e. The molecule has 1 rings (SSSR count). The van der Waals surface area contributed by atoms with E-state index in [1.165, 1.54) is 0 Å². The molecule has 0 spiro atoms. The molecule has 0 aliphatic rings. The van der Waals surface area contributed by atoms with Gasteiger partial charge in [-0.3, -0.25) is 0 Å². The number of nitrogen functional groups attached to an aromatic ring is 1. The van der Waals surface area contributed by atoms with Gasteiger partial charge in [0.25, 0.3) is 0 Å². The number of carboxylic acids is 1. The maximum atomic E-state index is 10.5. The summed E-state index contributed by atoms with van der Waals surface area (Å²) in [5.74, 6) is -1.18. The first-order valence-electron chi connectivity index (χ1n) is 2.87. The van der Waals surface area contributed by atoms with Crippen LogP contribution in [0.1, 0.15) is 10.4 Å². The second-order valence-corrected chi connectivity index (χ2v) is 2.75. The molecule has 4 nitrogen and oxygen atoms in total. The van der Waals surface area contributed by atoms with Crippen molar-refractivity contribution >= 4 is 86.2 Å². The van der Waals surface area contributed by atoms with Crippen molar-refractivity contribution in [2.24, 2.45) is 0 Å². The molecule has 0 amide bonds. The summed E-state index contributed by atoms with van der Waals surface area (Å²) >= 11 is 10.9. The predicted octanol–water partition coefficient (Wildman–Crippen LogP) is 1.29. The van der Waals surface area contributed by atoms with Crippen molar-refractivity contribution < 1.29 is 9.90 Å². The zero-order valence-corrected chi connectivity index (χ0v) is 11.3. The molecule has 7 heteroatoms. The van der Waals surface area contributed by atoms with Crippen molar-refractivity contribution in [3.63, 3.8) is 0 Å². The Hall–Kier alpha value is 0.636. The first kappa shape index (κ1) is 13.6. The molecule has 0 unspecified atom stereocenters. The predicted molar refractivity (Wildman–Crippen MR) is 51.4 cm³/mol. The number of hydrogen-bond acceptors (Lipinski definition) is 3. The minimum Gasteiger partial charge on any atom is -0.478 e. The van der Waals surface area contributed by atoms with Crippen LogP contribution in [0.5, 0.6) is 0 Å². The molecular formula is C6H4Cl2KN2O2. The third-order valence-corrected chi connectivity index (χ3v) is 1.69. The van der Waals surface area contributed by atoms with Gasteiger partial charge < -0.3 is 10.8 Å². The summed E-state index contributed by atoms with van der Waals surface area (Å²) in [4.78, 5) is 14.1. The molecule has 1 radical (unpaired) electrons. The van der Waals surface area contributed by atoms with Gasteiger partial charge in [0.15, 0.2) is 5.15 Å². The van der Waals surface area contributed by atoms with Crippen molar-refractivity contribution in [2.75, 3.05) is 5.73 Å². The van der Waals surface area contributed by atoms with Gasteiger partial charge in [0.05, 0.1) is 11.3 Å². The molecule has 0 fully saturated rings. The van der Waals surface area contributed by atoms with E-state index in [1.54, 1.807) is 0 Å². The average Bonchev–Trinajstić information content (AvgIpc) is 1.96. The fourth-order valence-corrected chi connectivity index (χ4v) is 1.10. The number of hydrogen-bond donors (Lipinski definition) is 2. The van der Waals surface area contributed by atoms with E-state index < -0.39 is 5.97 Å². The third kappa shape index (κ3) is 3.36. The van der Waals surface area contributed by atoms with Crippen molar-refractivity contribution in [3.8, 4) is 0 Å². The van der Waals surface area contributed by atoms with Crippen LogP contribution in [-0.2, 0) is 0 Å². The minimum absolute atomic E-state index is 0. The quantitative estimate of drug-likeness (QED) is 0.578. The van der Waals surface area contributed by atoms with Gasteiger partial charge in [-0.2, -0.15) is 0 Å². The summed E-state index contributed by atoms with van der Waals surface area (Å²) in [5, 5.41) is 8.50. The monoisotopic (exact) mass is 245 g/mol. The topological polar surface area (TPSA) is 76.2 Å². The first-order valence-corrected chi connectivity index (χ1v) is 3.62. The standard InChI is InChI=1S/C6H4Cl2N2O2.K/c7-3-1-2(6(11)12)4(9)5(8)10-3;/h1H,9H2,(H,11,12);. The molecule has 13 heavy (non-hydrogen) atoms. The second kappa shape index (κ2) is 5.50. The molecule has 0 atom stereocenters. The average molecular weight is 246 g/mol. The van der Waals surface area contributed by atoms with Gasteiger partial charge in [-0.1, -0.05) is 23.2 Å². The molecule has 0 saturated carbocycles. The number of aromatic nitrogens is 1. The van der Waals surface area contributed by atoms with Crippen LogP contribution in [0.2, 0.25) is 10.3 Å². The van der Waals surface area contributed by atoms with Crippen LogP contribution in [0.4, 0.5) is 5.69 Å². The number of nitrogens with zero attached hydrogens (tertiary/aromatic N) is 1. The van der Waals surface area contributed by atoms with Gasteiger partial charge in [0, 0.05) is 51.4 Å². The van der Waals surface area contributed by atoms with Crippen molar-refractivity contribution in [3.05, 3.63) is 21.9 Å². The van der Waals surface area contributed by atoms with Gasteiger partial charge in [0.1, 0.15) is 5.15 Å². The summed E-state index contributed by atoms with van der Waals surface area (Å²) in [5.41, 5.74) is 5.10. The van der Waals surface area contributed by atoms with Gasteiger partial charge in [-0.25, -0.2) is 9.78 Å². The third-order valence-electron chi connectivity index (χ3n) is 1.21. The van der Waals surface area contributed by atoms with Gasteiger partial charge >= 0.3 is 5.97 Å². The Kier molecular flexibility index (Phi) is 5.77. The van der Waals surface area contributed by atoms with E-state index in [1.807, 2.05) is 0 Å². The molecule has 0 aliphatic carbocycles. The van der Waals surface area contributed by atoms with E-state index in [4.69, 9.17) is 34.0 Å². The Labute approximate surface area is 127 Å². The van der Waals surface area contributed by atoms with Crippen molar-refractivity contribution in [1.82, 2.24) is 4.98 Å². The fourth-order valence-electron chi connectivity index (χ4n) is 0.671. The molecule has 1 aromatic heterocycles. The van der Waals surface area contributed by atoms with E-state index in [0.717, 1.165) is 6.07 Å². The maximum absolute atomic E-state index is 10.5. The number of anilines is 1. The SMILES string of the molecule is Nc1c(C(=O)O)cc(Cl)nc1Cl.[K]. The molecule has 0 saturated heterocycles. The van der Waals surface area contributed by atoms with Crippen LogP contribution < -0.4 is 5.73 Å². The summed E-state index contributed by atoms with van der Waals surface area (Å²) < 4.78 is 0. The number of carbonyl (C=O) groups is 1. The summed E-state index contributed by atoms with van der Waals surface area (Å²) in [6.45, 7) is 0. The van der Waals surface area contributed by atoms with Gasteiger partial charge in [-0.05, 0) is 6.07 Å². The van der Waals surface area contributed by atoms with Crippen LogP contribution in [0.15, 0.2) is 6.07 Å². The smallest absolute Gasteiger partial charge is 0.338 e. The van der Waals surface area contributed by atoms with Crippen LogP contribution >= 0.6 is 23.2 Å². The number of carboxylic acid groups (broad SMARTS) is 1. The molecule has 65 valence electrons. The molecule has 0 aliphatic heterocycles. The Bertz CT molecular complexity index is 346. The van der Waals surface area contributed by atoms with E-state index in [9.17, 15) is 4.79 Å². The number of pyridine rings is 1. The molecule has 0 aromatic carbocycles. The molecule has 0 bridgehead atoms. The second-order valence-electron chi connectivity index (χ2n) is 2.00. The maximum Gasteiger partial charge on any atom is 0.338 e. The van der Waals surface area contributed by atoms with Gasteiger partial charge in [-0.15, -0.1) is 0 Å². The van der Waals surface area contributed by atoms with E-state index >= 15 is 0 Å². The summed E-state index contributed by atoms with van der Waals surface area (Å²) in [6, 6.07) is 1.14. The summed E-state index contributed by atoms with van der Waals surface area (Å²) in [7, 11) is 0. The number of aromatic carboxylic acids is 1. The number of halogens is 2. The Morgan fingerprint density at radius 3 is 2.54 bits per heavy atom. The van der Waals surface area contributed by atoms with E-state index in [2.05, 4.69) is 4.98 Å². The van der Waals surface area contributed by atoms with Crippen LogP contribution in [0.25, 0.3) is 0 Å². The zero-order chi connectivity index (χ0) is 9.30. The molecule has 1 heterocycles. The van der Waals surface area contributed by atoms with Gasteiger partial charge in [0.2, 0.25) is 0 Å². The zero-order valence-electron chi connectivity index (χ0n) is 6.71.